The van der Waals surface area contributed by atoms with Crippen LogP contribution in [0, 0.1) is 5.82 Å². The van der Waals surface area contributed by atoms with E-state index in [1.165, 1.54) is 35.2 Å². The molecule has 0 fully saturated rings. The number of thioether (sulfide) groups is 1. The van der Waals surface area contributed by atoms with Crippen LogP contribution in [0.1, 0.15) is 10.8 Å². The summed E-state index contributed by atoms with van der Waals surface area (Å²) < 4.78 is 20.0. The predicted molar refractivity (Wildman–Crippen MR) is 112 cm³/mol. The van der Waals surface area contributed by atoms with Crippen LogP contribution in [-0.4, -0.2) is 21.8 Å². The highest BCUT2D eigenvalue weighted by Crippen LogP contribution is 2.36. The van der Waals surface area contributed by atoms with Crippen molar-refractivity contribution in [3.63, 3.8) is 0 Å². The van der Waals surface area contributed by atoms with Crippen molar-refractivity contribution in [3.8, 4) is 11.3 Å². The van der Waals surface area contributed by atoms with Gasteiger partial charge in [0.25, 0.3) is 0 Å². The summed E-state index contributed by atoms with van der Waals surface area (Å²) in [5.41, 5.74) is 1.64. The van der Waals surface area contributed by atoms with Crippen molar-refractivity contribution in [2.45, 2.75) is 0 Å². The number of nitrogens with zero attached hydrogens (tertiary/aromatic N) is 1. The Hall–Kier alpha value is -2.90. The van der Waals surface area contributed by atoms with Crippen LogP contribution in [0.5, 0.6) is 0 Å². The highest BCUT2D eigenvalue weighted by Gasteiger charge is 2.13. The maximum atomic E-state index is 13.1. The number of carbonyl (C=O) groups is 1. The maximum Gasteiger partial charge on any atom is 0.313 e. The molecule has 0 aliphatic heterocycles. The van der Waals surface area contributed by atoms with Crippen LogP contribution in [-0.2, 0) is 4.79 Å². The molecule has 0 radical (unpaired) electrons. The molecular weight excluding hydrogens is 397 g/mol. The second-order valence-corrected chi connectivity index (χ2v) is 7.93. The van der Waals surface area contributed by atoms with Crippen LogP contribution < -0.4 is 0 Å². The van der Waals surface area contributed by atoms with E-state index in [0.29, 0.717) is 11.5 Å². The first kappa shape index (κ1) is 18.5. The molecule has 7 heteroatoms. The number of thiazole rings is 1. The van der Waals surface area contributed by atoms with Gasteiger partial charge in [-0.3, -0.25) is 4.79 Å². The van der Waals surface area contributed by atoms with Gasteiger partial charge < -0.3 is 9.52 Å². The number of furan rings is 1. The number of rotatable bonds is 6. The van der Waals surface area contributed by atoms with Gasteiger partial charge in [-0.25, -0.2) is 9.37 Å². The second kappa shape index (κ2) is 8.00. The van der Waals surface area contributed by atoms with Gasteiger partial charge in [-0.2, -0.15) is 0 Å². The molecule has 0 amide bonds. The van der Waals surface area contributed by atoms with Crippen LogP contribution in [0.3, 0.4) is 0 Å². The van der Waals surface area contributed by atoms with Crippen LogP contribution in [0.4, 0.5) is 4.39 Å². The third-order valence-electron chi connectivity index (χ3n) is 3.88. The van der Waals surface area contributed by atoms with E-state index < -0.39 is 5.97 Å². The molecule has 0 saturated heterocycles. The zero-order valence-corrected chi connectivity index (χ0v) is 16.1. The Morgan fingerprint density at radius 2 is 1.93 bits per heavy atom. The van der Waals surface area contributed by atoms with Gasteiger partial charge in [0.15, 0.2) is 0 Å². The number of hydrogen-bond donors (Lipinski definition) is 1. The minimum Gasteiger partial charge on any atom is -0.481 e. The molecule has 0 unspecified atom stereocenters. The summed E-state index contributed by atoms with van der Waals surface area (Å²) in [6, 6.07) is 17.4. The predicted octanol–water partition coefficient (Wildman–Crippen LogP) is 6.01. The average Bonchev–Trinajstić information content (AvgIpc) is 3.32. The van der Waals surface area contributed by atoms with Gasteiger partial charge >= 0.3 is 5.97 Å². The van der Waals surface area contributed by atoms with Gasteiger partial charge in [0, 0.05) is 10.5 Å². The van der Waals surface area contributed by atoms with Crippen LogP contribution >= 0.6 is 23.1 Å². The molecule has 0 bridgehead atoms. The smallest absolute Gasteiger partial charge is 0.313 e. The molecule has 28 heavy (non-hydrogen) atoms. The number of hydrogen-bond acceptors (Lipinski definition) is 5. The van der Waals surface area contributed by atoms with Crippen molar-refractivity contribution < 1.29 is 18.7 Å². The summed E-state index contributed by atoms with van der Waals surface area (Å²) in [6.45, 7) is 0. The number of aromatic nitrogens is 1. The molecule has 0 aliphatic rings. The third kappa shape index (κ3) is 4.16. The molecule has 2 heterocycles. The minimum atomic E-state index is -0.900. The minimum absolute atomic E-state index is 0.0761. The molecule has 4 nitrogen and oxygen atoms in total. The van der Waals surface area contributed by atoms with E-state index in [-0.39, 0.29) is 11.6 Å². The van der Waals surface area contributed by atoms with E-state index in [0.717, 1.165) is 25.7 Å². The van der Waals surface area contributed by atoms with Gasteiger partial charge in [0.2, 0.25) is 0 Å². The van der Waals surface area contributed by atoms with Crippen molar-refractivity contribution in [2.75, 3.05) is 5.75 Å². The maximum absolute atomic E-state index is 13.1. The lowest BCUT2D eigenvalue weighted by molar-refractivity contribution is -0.133. The zero-order valence-electron chi connectivity index (χ0n) is 14.5. The molecule has 140 valence electrons. The van der Waals surface area contributed by atoms with E-state index in [4.69, 9.17) is 9.52 Å². The van der Waals surface area contributed by atoms with E-state index in [1.54, 1.807) is 30.3 Å². The first-order valence-corrected chi connectivity index (χ1v) is 10.2. The normalized spacial score (nSPS) is 11.8. The lowest BCUT2D eigenvalue weighted by Crippen LogP contribution is -1.97. The second-order valence-electron chi connectivity index (χ2n) is 5.89. The zero-order chi connectivity index (χ0) is 19.5. The van der Waals surface area contributed by atoms with E-state index in [9.17, 15) is 9.18 Å². The van der Waals surface area contributed by atoms with Gasteiger partial charge in [-0.05, 0) is 54.6 Å². The summed E-state index contributed by atoms with van der Waals surface area (Å²) in [6.07, 6.45) is 1.79. The summed E-state index contributed by atoms with van der Waals surface area (Å²) in [5, 5.41) is 9.81. The summed E-state index contributed by atoms with van der Waals surface area (Å²) in [5.74, 6) is -0.0977. The van der Waals surface area contributed by atoms with Crippen LogP contribution in [0.2, 0.25) is 0 Å². The molecule has 0 atom stereocenters. The molecule has 4 aromatic rings. The molecule has 4 rings (SSSR count). The summed E-state index contributed by atoms with van der Waals surface area (Å²) >= 11 is 2.70. The lowest BCUT2D eigenvalue weighted by Gasteiger charge is -2.01. The monoisotopic (exact) mass is 411 g/mol. The molecule has 1 N–H and O–H groups in total. The largest absolute Gasteiger partial charge is 0.481 e. The first-order chi connectivity index (χ1) is 13.6. The van der Waals surface area contributed by atoms with E-state index >= 15 is 0 Å². The number of aliphatic carboxylic acids is 1. The highest BCUT2D eigenvalue weighted by atomic mass is 32.2. The highest BCUT2D eigenvalue weighted by molar-refractivity contribution is 8.09. The van der Waals surface area contributed by atoms with Crippen molar-refractivity contribution >= 4 is 50.3 Å². The molecule has 2 aromatic heterocycles. The van der Waals surface area contributed by atoms with Crippen molar-refractivity contribution in [1.82, 2.24) is 4.98 Å². The van der Waals surface area contributed by atoms with Crippen LogP contribution in [0.25, 0.3) is 32.5 Å². The molecule has 0 spiro atoms. The quantitative estimate of drug-likeness (QED) is 0.421. The number of halogens is 1. The van der Waals surface area contributed by atoms with Crippen molar-refractivity contribution in [3.05, 3.63) is 77.2 Å². The summed E-state index contributed by atoms with van der Waals surface area (Å²) in [7, 11) is 0. The number of carboxylic acids is 1. The van der Waals surface area contributed by atoms with Gasteiger partial charge in [0.05, 0.1) is 16.0 Å². The number of carboxylic acid groups (broad SMARTS) is 1. The fourth-order valence-corrected chi connectivity index (χ4v) is 4.44. The van der Waals surface area contributed by atoms with Crippen molar-refractivity contribution in [2.24, 2.45) is 0 Å². The number of benzene rings is 2. The Bertz CT molecular complexity index is 1130. The topological polar surface area (TPSA) is 63.3 Å². The SMILES string of the molecule is O=C(O)CS/C(=C\c1ccc(-c2ccc(F)cc2)o1)c1nc2ccccc2s1. The molecule has 2 aromatic carbocycles. The standard InChI is InChI=1S/C21H14FNO3S2/c22-14-7-5-13(6-8-14)17-10-9-15(26-17)11-19(27-12-20(24)25)21-23-16-3-1-2-4-18(16)28-21/h1-11H,12H2,(H,24,25)/b19-11-. The molecule has 0 saturated carbocycles. The average molecular weight is 411 g/mol. The Morgan fingerprint density at radius 3 is 2.68 bits per heavy atom. The number of fused-ring (bicyclic) bond motifs is 1. The van der Waals surface area contributed by atoms with Gasteiger partial charge in [-0.15, -0.1) is 23.1 Å². The molecular formula is C21H14FNO3S2. The fraction of sp³-hybridized carbons (Fsp3) is 0.0476. The Kier molecular flexibility index (Phi) is 5.27. The Labute approximate surface area is 168 Å². The van der Waals surface area contributed by atoms with E-state index in [2.05, 4.69) is 4.98 Å². The first-order valence-electron chi connectivity index (χ1n) is 8.36. The molecule has 0 aliphatic carbocycles. The van der Waals surface area contributed by atoms with Crippen LogP contribution in [0.15, 0.2) is 65.1 Å². The van der Waals surface area contributed by atoms with Gasteiger partial charge in [-0.1, -0.05) is 12.1 Å². The Morgan fingerprint density at radius 1 is 1.14 bits per heavy atom. The lowest BCUT2D eigenvalue weighted by atomic mass is 10.2. The summed E-state index contributed by atoms with van der Waals surface area (Å²) in [4.78, 5) is 16.4. The Balaban J connectivity index is 1.68. The number of para-hydroxylation sites is 1. The van der Waals surface area contributed by atoms with E-state index in [1.807, 2.05) is 24.3 Å². The van der Waals surface area contributed by atoms with Crippen molar-refractivity contribution in [1.29, 1.82) is 0 Å². The van der Waals surface area contributed by atoms with Gasteiger partial charge in [0.1, 0.15) is 22.3 Å². The fourth-order valence-electron chi connectivity index (χ4n) is 2.61. The third-order valence-corrected chi connectivity index (χ3v) is 6.10.